The van der Waals surface area contributed by atoms with Crippen molar-refractivity contribution in [3.63, 3.8) is 0 Å². The van der Waals surface area contributed by atoms with Gasteiger partial charge in [-0.25, -0.2) is 9.78 Å². The molecule has 5 nitrogen and oxygen atoms in total. The fourth-order valence-electron chi connectivity index (χ4n) is 2.04. The molecule has 23 heavy (non-hydrogen) atoms. The third-order valence-electron chi connectivity index (χ3n) is 3.51. The number of aromatic nitrogens is 1. The topological polar surface area (TPSA) is 79.3 Å². The maximum atomic E-state index is 12.4. The van der Waals surface area contributed by atoms with Crippen LogP contribution in [-0.2, 0) is 16.6 Å². The number of carboxylic acid groups (broad SMARTS) is 1. The summed E-state index contributed by atoms with van der Waals surface area (Å²) in [6.45, 7) is 4.16. The van der Waals surface area contributed by atoms with Gasteiger partial charge >= 0.3 is 5.97 Å². The summed E-state index contributed by atoms with van der Waals surface area (Å²) in [6.07, 6.45) is 0.512. The molecule has 2 aromatic rings. The van der Waals surface area contributed by atoms with E-state index in [2.05, 4.69) is 26.2 Å². The molecule has 1 heterocycles. The number of amides is 1. The Morgan fingerprint density at radius 2 is 2.13 bits per heavy atom. The molecule has 1 amide bonds. The first-order valence-corrected chi connectivity index (χ1v) is 8.70. The summed E-state index contributed by atoms with van der Waals surface area (Å²) in [5.74, 6) is -1.11. The standard InChI is InChI=1S/C16H17BrN2O3S/c1-16(2,10-4-3-5-11(17)8-10)15(22)18-7-6-13-19-12(9-23-13)14(20)21/h3-5,8-9H,6-7H2,1-2H3,(H,18,22)(H,20,21). The molecule has 0 saturated heterocycles. The largest absolute Gasteiger partial charge is 0.476 e. The zero-order valence-corrected chi connectivity index (χ0v) is 15.2. The summed E-state index contributed by atoms with van der Waals surface area (Å²) in [5, 5.41) is 13.9. The number of nitrogens with zero attached hydrogens (tertiary/aromatic N) is 1. The van der Waals surface area contributed by atoms with Gasteiger partial charge in [0.15, 0.2) is 5.69 Å². The van der Waals surface area contributed by atoms with E-state index >= 15 is 0 Å². The fourth-order valence-corrected chi connectivity index (χ4v) is 3.21. The van der Waals surface area contributed by atoms with E-state index in [1.807, 2.05) is 38.1 Å². The van der Waals surface area contributed by atoms with Crippen LogP contribution in [0.2, 0.25) is 0 Å². The average Bonchev–Trinajstić information content (AvgIpc) is 2.96. The Kier molecular flexibility index (Phi) is 5.54. The molecule has 2 N–H and O–H groups in total. The Hall–Kier alpha value is -1.73. The lowest BCUT2D eigenvalue weighted by atomic mass is 9.84. The van der Waals surface area contributed by atoms with Gasteiger partial charge in [-0.3, -0.25) is 4.79 Å². The van der Waals surface area contributed by atoms with Crippen molar-refractivity contribution in [2.24, 2.45) is 0 Å². The molecule has 0 aliphatic carbocycles. The minimum Gasteiger partial charge on any atom is -0.476 e. The van der Waals surface area contributed by atoms with Crippen LogP contribution < -0.4 is 5.32 Å². The number of aromatic carboxylic acids is 1. The second kappa shape index (κ2) is 7.23. The van der Waals surface area contributed by atoms with Gasteiger partial charge in [0.2, 0.25) is 5.91 Å². The summed E-state index contributed by atoms with van der Waals surface area (Å²) in [7, 11) is 0. The molecule has 1 aromatic carbocycles. The quantitative estimate of drug-likeness (QED) is 0.785. The van der Waals surface area contributed by atoms with Crippen molar-refractivity contribution in [3.05, 3.63) is 50.4 Å². The lowest BCUT2D eigenvalue weighted by molar-refractivity contribution is -0.125. The predicted molar refractivity (Wildman–Crippen MR) is 93.0 cm³/mol. The van der Waals surface area contributed by atoms with Crippen LogP contribution in [0.25, 0.3) is 0 Å². The third-order valence-corrected chi connectivity index (χ3v) is 4.91. The number of halogens is 1. The number of nitrogens with one attached hydrogen (secondary N) is 1. The van der Waals surface area contributed by atoms with Gasteiger partial charge in [-0.1, -0.05) is 28.1 Å². The number of carbonyl (C=O) groups is 2. The van der Waals surface area contributed by atoms with Crippen LogP contribution in [0.1, 0.15) is 34.9 Å². The number of rotatable bonds is 6. The predicted octanol–water partition coefficient (Wildman–Crippen LogP) is 3.24. The highest BCUT2D eigenvalue weighted by atomic mass is 79.9. The molecule has 0 bridgehead atoms. The van der Waals surface area contributed by atoms with E-state index < -0.39 is 11.4 Å². The summed E-state index contributed by atoms with van der Waals surface area (Å²) >= 11 is 4.70. The van der Waals surface area contributed by atoms with Crippen LogP contribution in [0.5, 0.6) is 0 Å². The summed E-state index contributed by atoms with van der Waals surface area (Å²) in [5.41, 5.74) is 0.316. The highest BCUT2D eigenvalue weighted by Gasteiger charge is 2.29. The van der Waals surface area contributed by atoms with Crippen LogP contribution in [-0.4, -0.2) is 28.5 Å². The van der Waals surface area contributed by atoms with Gasteiger partial charge in [0.05, 0.1) is 10.4 Å². The minimum atomic E-state index is -1.03. The maximum absolute atomic E-state index is 12.4. The number of thiazole rings is 1. The monoisotopic (exact) mass is 396 g/mol. The molecule has 0 fully saturated rings. The fraction of sp³-hybridized carbons (Fsp3) is 0.312. The number of hydrogen-bond acceptors (Lipinski definition) is 4. The van der Waals surface area contributed by atoms with Gasteiger partial charge < -0.3 is 10.4 Å². The van der Waals surface area contributed by atoms with Crippen molar-refractivity contribution in [1.29, 1.82) is 0 Å². The lowest BCUT2D eigenvalue weighted by Gasteiger charge is -2.24. The van der Waals surface area contributed by atoms with Crippen molar-refractivity contribution in [2.75, 3.05) is 6.54 Å². The van der Waals surface area contributed by atoms with Gasteiger partial charge in [-0.15, -0.1) is 11.3 Å². The van der Waals surface area contributed by atoms with Crippen LogP contribution in [0.4, 0.5) is 0 Å². The van der Waals surface area contributed by atoms with Gasteiger partial charge in [-0.05, 0) is 31.5 Å². The maximum Gasteiger partial charge on any atom is 0.355 e. The van der Waals surface area contributed by atoms with Crippen LogP contribution in [0.15, 0.2) is 34.1 Å². The molecule has 0 radical (unpaired) electrons. The van der Waals surface area contributed by atoms with Crippen LogP contribution >= 0.6 is 27.3 Å². The third kappa shape index (κ3) is 4.39. The molecular weight excluding hydrogens is 380 g/mol. The van der Waals surface area contributed by atoms with Crippen molar-refractivity contribution in [2.45, 2.75) is 25.7 Å². The molecule has 0 aliphatic heterocycles. The smallest absolute Gasteiger partial charge is 0.355 e. The molecule has 2 rings (SSSR count). The first-order valence-electron chi connectivity index (χ1n) is 7.03. The van der Waals surface area contributed by atoms with E-state index in [0.29, 0.717) is 18.0 Å². The van der Waals surface area contributed by atoms with Crippen molar-refractivity contribution >= 4 is 39.1 Å². The summed E-state index contributed by atoms with van der Waals surface area (Å²) in [4.78, 5) is 27.2. The number of benzene rings is 1. The zero-order chi connectivity index (χ0) is 17.0. The molecule has 0 unspecified atom stereocenters. The SMILES string of the molecule is CC(C)(C(=O)NCCc1nc(C(=O)O)cs1)c1cccc(Br)c1. The van der Waals surface area contributed by atoms with Crippen molar-refractivity contribution in [3.8, 4) is 0 Å². The number of hydrogen-bond donors (Lipinski definition) is 2. The summed E-state index contributed by atoms with van der Waals surface area (Å²) in [6, 6.07) is 7.67. The van der Waals surface area contributed by atoms with E-state index in [0.717, 1.165) is 10.0 Å². The second-order valence-electron chi connectivity index (χ2n) is 5.57. The second-order valence-corrected chi connectivity index (χ2v) is 7.43. The molecule has 0 saturated carbocycles. The Balaban J connectivity index is 1.94. The molecule has 0 spiro atoms. The Bertz CT molecular complexity index is 728. The highest BCUT2D eigenvalue weighted by Crippen LogP contribution is 2.26. The zero-order valence-electron chi connectivity index (χ0n) is 12.8. The van der Waals surface area contributed by atoms with Crippen molar-refractivity contribution in [1.82, 2.24) is 10.3 Å². The minimum absolute atomic E-state index is 0.0470. The average molecular weight is 397 g/mol. The molecule has 0 aliphatic rings. The van der Waals surface area contributed by atoms with Gasteiger partial charge in [-0.2, -0.15) is 0 Å². The van der Waals surface area contributed by atoms with Crippen LogP contribution in [0, 0.1) is 0 Å². The van der Waals surface area contributed by atoms with E-state index in [9.17, 15) is 9.59 Å². The van der Waals surface area contributed by atoms with Gasteiger partial charge in [0, 0.05) is 22.8 Å². The Morgan fingerprint density at radius 1 is 1.39 bits per heavy atom. The molecule has 1 aromatic heterocycles. The molecule has 122 valence electrons. The van der Waals surface area contributed by atoms with Gasteiger partial charge in [0.25, 0.3) is 0 Å². The highest BCUT2D eigenvalue weighted by molar-refractivity contribution is 9.10. The molecule has 0 atom stereocenters. The first kappa shape index (κ1) is 17.6. The van der Waals surface area contributed by atoms with Crippen LogP contribution in [0.3, 0.4) is 0 Å². The number of carbonyl (C=O) groups excluding carboxylic acids is 1. The first-order chi connectivity index (χ1) is 10.8. The normalized spacial score (nSPS) is 11.3. The van der Waals surface area contributed by atoms with E-state index in [-0.39, 0.29) is 11.6 Å². The molecule has 7 heteroatoms. The van der Waals surface area contributed by atoms with E-state index in [1.54, 1.807) is 0 Å². The Morgan fingerprint density at radius 3 is 2.74 bits per heavy atom. The lowest BCUT2D eigenvalue weighted by Crippen LogP contribution is -2.40. The van der Waals surface area contributed by atoms with E-state index in [4.69, 9.17) is 5.11 Å². The van der Waals surface area contributed by atoms with Gasteiger partial charge in [0.1, 0.15) is 0 Å². The Labute approximate surface area is 146 Å². The molecular formula is C16H17BrN2O3S. The van der Waals surface area contributed by atoms with E-state index in [1.165, 1.54) is 16.7 Å². The number of carboxylic acids is 1. The summed E-state index contributed by atoms with van der Waals surface area (Å²) < 4.78 is 0.930. The van der Waals surface area contributed by atoms with Crippen molar-refractivity contribution < 1.29 is 14.7 Å².